The maximum atomic E-state index is 12.3. The number of hydrogen-bond donors (Lipinski definition) is 1. The second-order valence-corrected chi connectivity index (χ2v) is 6.87. The molecule has 0 atom stereocenters. The van der Waals surface area contributed by atoms with Gasteiger partial charge in [-0.3, -0.25) is 15.0 Å². The molecular weight excluding hydrogens is 306 g/mol. The molecule has 21 heavy (non-hydrogen) atoms. The average Bonchev–Trinajstić information content (AvgIpc) is 2.88. The first-order chi connectivity index (χ1) is 9.88. The molecule has 2 rings (SSSR count). The van der Waals surface area contributed by atoms with Gasteiger partial charge in [0.15, 0.2) is 4.32 Å². The Labute approximate surface area is 133 Å². The molecule has 5 nitrogen and oxygen atoms in total. The third-order valence-corrected chi connectivity index (χ3v) is 4.19. The molecule has 1 aliphatic rings. The average molecular weight is 323 g/mol. The number of rotatable bonds is 4. The summed E-state index contributed by atoms with van der Waals surface area (Å²) in [5.41, 5.74) is 3.48. The molecule has 2 amide bonds. The summed E-state index contributed by atoms with van der Waals surface area (Å²) in [5, 5.41) is 1.15. The molecule has 0 saturated carbocycles. The summed E-state index contributed by atoms with van der Waals surface area (Å²) in [7, 11) is 1.90. The van der Waals surface area contributed by atoms with E-state index in [1.807, 2.05) is 43.8 Å². The minimum absolute atomic E-state index is 0.207. The first-order valence-electron chi connectivity index (χ1n) is 6.57. The van der Waals surface area contributed by atoms with Crippen LogP contribution < -0.4 is 5.43 Å². The second-order valence-electron chi connectivity index (χ2n) is 5.19. The first-order valence-corrected chi connectivity index (χ1v) is 7.79. The molecule has 1 saturated heterocycles. The number of nitrogens with zero attached hydrogens (tertiary/aromatic N) is 2. The predicted octanol–water partition coefficient (Wildman–Crippen LogP) is 2.30. The van der Waals surface area contributed by atoms with Crippen molar-refractivity contribution < 1.29 is 9.59 Å². The van der Waals surface area contributed by atoms with Crippen LogP contribution in [-0.2, 0) is 16.6 Å². The van der Waals surface area contributed by atoms with E-state index >= 15 is 0 Å². The van der Waals surface area contributed by atoms with Gasteiger partial charge in [-0.2, -0.15) is 5.01 Å². The Morgan fingerprint density at radius 2 is 2.24 bits per heavy atom. The van der Waals surface area contributed by atoms with Crippen LogP contribution in [0.5, 0.6) is 0 Å². The first kappa shape index (κ1) is 15.8. The summed E-state index contributed by atoms with van der Waals surface area (Å²) in [6.45, 7) is 3.89. The van der Waals surface area contributed by atoms with Crippen molar-refractivity contribution in [3.8, 4) is 0 Å². The molecule has 0 aromatic carbocycles. The van der Waals surface area contributed by atoms with Gasteiger partial charge in [-0.1, -0.05) is 25.6 Å². The van der Waals surface area contributed by atoms with Crippen LogP contribution in [0.2, 0.25) is 0 Å². The smallest absolute Gasteiger partial charge is 0.285 e. The van der Waals surface area contributed by atoms with Crippen molar-refractivity contribution in [2.45, 2.75) is 20.3 Å². The lowest BCUT2D eigenvalue weighted by molar-refractivity contribution is -0.133. The summed E-state index contributed by atoms with van der Waals surface area (Å²) in [5.74, 6) is -0.271. The number of nitrogens with one attached hydrogen (secondary N) is 1. The van der Waals surface area contributed by atoms with Crippen molar-refractivity contribution in [3.63, 3.8) is 0 Å². The molecule has 1 aliphatic heterocycles. The standard InChI is InChI=1S/C14H17N3O2S2/c1-9(2)7-12(18)15-17-13(19)11(21-14(17)20)8-10-5-4-6-16(10)3/h4-6,8-9H,7H2,1-3H3,(H,15,18)/b11-8+. The molecule has 0 aliphatic carbocycles. The molecule has 1 aromatic heterocycles. The summed E-state index contributed by atoms with van der Waals surface area (Å²) in [6.07, 6.45) is 4.03. The monoisotopic (exact) mass is 323 g/mol. The van der Waals surface area contributed by atoms with Gasteiger partial charge in [-0.15, -0.1) is 0 Å². The molecule has 0 radical (unpaired) electrons. The zero-order valence-electron chi connectivity index (χ0n) is 12.1. The topological polar surface area (TPSA) is 54.3 Å². The third-order valence-electron chi connectivity index (χ3n) is 2.89. The molecule has 0 unspecified atom stereocenters. The summed E-state index contributed by atoms with van der Waals surface area (Å²) >= 11 is 6.35. The zero-order valence-corrected chi connectivity index (χ0v) is 13.8. The quantitative estimate of drug-likeness (QED) is 0.682. The highest BCUT2D eigenvalue weighted by atomic mass is 32.2. The minimum atomic E-state index is -0.289. The summed E-state index contributed by atoms with van der Waals surface area (Å²) in [6, 6.07) is 3.81. The molecule has 2 heterocycles. The Morgan fingerprint density at radius 3 is 2.81 bits per heavy atom. The van der Waals surface area contributed by atoms with Crippen molar-refractivity contribution in [1.82, 2.24) is 15.0 Å². The van der Waals surface area contributed by atoms with E-state index in [9.17, 15) is 9.59 Å². The Balaban J connectivity index is 2.12. The largest absolute Gasteiger partial charge is 0.351 e. The molecule has 1 N–H and O–H groups in total. The lowest BCUT2D eigenvalue weighted by Crippen LogP contribution is -2.45. The molecule has 112 valence electrons. The van der Waals surface area contributed by atoms with Gasteiger partial charge in [-0.25, -0.2) is 0 Å². The summed E-state index contributed by atoms with van der Waals surface area (Å²) in [4.78, 5) is 24.6. The Kier molecular flexibility index (Phi) is 4.84. The second kappa shape index (κ2) is 6.44. The molecule has 0 bridgehead atoms. The van der Waals surface area contributed by atoms with Gasteiger partial charge in [-0.05, 0) is 36.3 Å². The molecule has 0 spiro atoms. The Hall–Kier alpha value is -1.60. The number of aromatic nitrogens is 1. The van der Waals surface area contributed by atoms with Gasteiger partial charge >= 0.3 is 0 Å². The fourth-order valence-corrected chi connectivity index (χ4v) is 3.03. The van der Waals surface area contributed by atoms with E-state index in [0.717, 1.165) is 10.7 Å². The van der Waals surface area contributed by atoms with Gasteiger partial charge < -0.3 is 4.57 Å². The van der Waals surface area contributed by atoms with Gasteiger partial charge in [0.1, 0.15) is 0 Å². The van der Waals surface area contributed by atoms with E-state index in [4.69, 9.17) is 12.2 Å². The Morgan fingerprint density at radius 1 is 1.52 bits per heavy atom. The number of carbonyl (C=O) groups is 2. The van der Waals surface area contributed by atoms with E-state index in [1.54, 1.807) is 6.08 Å². The van der Waals surface area contributed by atoms with Crippen LogP contribution in [0, 0.1) is 5.92 Å². The fourth-order valence-electron chi connectivity index (χ4n) is 1.86. The maximum absolute atomic E-state index is 12.3. The highest BCUT2D eigenvalue weighted by Gasteiger charge is 2.33. The van der Waals surface area contributed by atoms with E-state index in [-0.39, 0.29) is 17.7 Å². The maximum Gasteiger partial charge on any atom is 0.285 e. The highest BCUT2D eigenvalue weighted by molar-refractivity contribution is 8.26. The van der Waals surface area contributed by atoms with Crippen LogP contribution in [-0.4, -0.2) is 25.7 Å². The number of carbonyl (C=O) groups excluding carboxylic acids is 2. The zero-order chi connectivity index (χ0) is 15.6. The highest BCUT2D eigenvalue weighted by Crippen LogP contribution is 2.31. The van der Waals surface area contributed by atoms with Gasteiger partial charge in [0.05, 0.1) is 4.91 Å². The number of amides is 2. The van der Waals surface area contributed by atoms with Crippen molar-refractivity contribution in [1.29, 1.82) is 0 Å². The van der Waals surface area contributed by atoms with E-state index in [2.05, 4.69) is 5.43 Å². The number of hydrogen-bond acceptors (Lipinski definition) is 4. The van der Waals surface area contributed by atoms with Crippen molar-refractivity contribution in [2.24, 2.45) is 13.0 Å². The normalized spacial score (nSPS) is 17.1. The van der Waals surface area contributed by atoms with Crippen LogP contribution in [0.15, 0.2) is 23.2 Å². The van der Waals surface area contributed by atoms with Crippen LogP contribution in [0.1, 0.15) is 26.0 Å². The van der Waals surface area contributed by atoms with Crippen molar-refractivity contribution >= 4 is 46.2 Å². The van der Waals surface area contributed by atoms with E-state index in [1.165, 1.54) is 11.8 Å². The SMILES string of the molecule is CC(C)CC(=O)NN1C(=O)/C(=C\c2cccn2C)SC1=S. The van der Waals surface area contributed by atoms with Crippen LogP contribution in [0.3, 0.4) is 0 Å². The number of thiocarbonyl (C=S) groups is 1. The molecular formula is C14H17N3O2S2. The van der Waals surface area contributed by atoms with E-state index < -0.39 is 0 Å². The van der Waals surface area contributed by atoms with Gasteiger partial charge in [0.2, 0.25) is 5.91 Å². The molecule has 1 fully saturated rings. The Bertz CT molecular complexity index is 619. The lowest BCUT2D eigenvalue weighted by atomic mass is 10.1. The van der Waals surface area contributed by atoms with Gasteiger partial charge in [0, 0.05) is 25.4 Å². The van der Waals surface area contributed by atoms with Crippen LogP contribution in [0.25, 0.3) is 6.08 Å². The molecule has 1 aromatic rings. The summed E-state index contributed by atoms with van der Waals surface area (Å²) < 4.78 is 2.25. The third kappa shape index (κ3) is 3.74. The van der Waals surface area contributed by atoms with Crippen LogP contribution in [0.4, 0.5) is 0 Å². The predicted molar refractivity (Wildman–Crippen MR) is 88.0 cm³/mol. The number of hydrazine groups is 1. The van der Waals surface area contributed by atoms with Crippen molar-refractivity contribution in [3.05, 3.63) is 28.9 Å². The number of thioether (sulfide) groups is 1. The molecule has 7 heteroatoms. The fraction of sp³-hybridized carbons (Fsp3) is 0.357. The number of aryl methyl sites for hydroxylation is 1. The lowest BCUT2D eigenvalue weighted by Gasteiger charge is -2.16. The van der Waals surface area contributed by atoms with E-state index in [0.29, 0.717) is 15.6 Å². The van der Waals surface area contributed by atoms with Crippen LogP contribution >= 0.6 is 24.0 Å². The van der Waals surface area contributed by atoms with Gasteiger partial charge in [0.25, 0.3) is 5.91 Å². The minimum Gasteiger partial charge on any atom is -0.351 e. The van der Waals surface area contributed by atoms with Crippen molar-refractivity contribution in [2.75, 3.05) is 0 Å².